The van der Waals surface area contributed by atoms with Gasteiger partial charge < -0.3 is 0 Å². The van der Waals surface area contributed by atoms with Gasteiger partial charge in [0.1, 0.15) is 0 Å². The van der Waals surface area contributed by atoms with E-state index >= 15 is 0 Å². The van der Waals surface area contributed by atoms with Crippen LogP contribution < -0.4 is 0 Å². The molecule has 0 bridgehead atoms. The Hall–Kier alpha value is -1.48. The van der Waals surface area contributed by atoms with Gasteiger partial charge in [0, 0.05) is 5.02 Å². The minimum Gasteiger partial charge on any atom is -0.166 e. The van der Waals surface area contributed by atoms with E-state index in [9.17, 15) is 13.2 Å². The van der Waals surface area contributed by atoms with Gasteiger partial charge in [-0.2, -0.15) is 13.2 Å². The highest BCUT2D eigenvalue weighted by Crippen LogP contribution is 2.32. The van der Waals surface area contributed by atoms with Crippen molar-refractivity contribution in [2.24, 2.45) is 0 Å². The minimum absolute atomic E-state index is 0.0304. The van der Waals surface area contributed by atoms with Crippen LogP contribution in [0.25, 0.3) is 0 Å². The van der Waals surface area contributed by atoms with Crippen molar-refractivity contribution in [3.05, 3.63) is 70.2 Å². The number of benzene rings is 2. The van der Waals surface area contributed by atoms with E-state index in [1.807, 2.05) is 25.1 Å². The number of hydrogen-bond donors (Lipinski definition) is 0. The Labute approximate surface area is 121 Å². The van der Waals surface area contributed by atoms with Gasteiger partial charge in [0.2, 0.25) is 0 Å². The largest absolute Gasteiger partial charge is 0.416 e. The fourth-order valence-electron chi connectivity index (χ4n) is 2.13. The fraction of sp³-hybridized carbons (Fsp3) is 0.250. The van der Waals surface area contributed by atoms with Crippen LogP contribution in [0.1, 0.15) is 29.5 Å². The zero-order valence-electron chi connectivity index (χ0n) is 10.9. The molecule has 0 radical (unpaired) electrons. The molecule has 1 atom stereocenters. The van der Waals surface area contributed by atoms with Crippen molar-refractivity contribution in [3.8, 4) is 0 Å². The highest BCUT2D eigenvalue weighted by atomic mass is 35.5. The molecule has 0 fully saturated rings. The summed E-state index contributed by atoms with van der Waals surface area (Å²) in [6, 6.07) is 12.9. The first-order valence-electron chi connectivity index (χ1n) is 6.28. The predicted octanol–water partition coefficient (Wildman–Crippen LogP) is 5.71. The molecule has 20 heavy (non-hydrogen) atoms. The molecule has 0 aliphatic carbocycles. The Kier molecular flexibility index (Phi) is 4.39. The van der Waals surface area contributed by atoms with Gasteiger partial charge in [-0.3, -0.25) is 0 Å². The predicted molar refractivity (Wildman–Crippen MR) is 75.0 cm³/mol. The lowest BCUT2D eigenvalue weighted by Gasteiger charge is -2.15. The van der Waals surface area contributed by atoms with E-state index in [1.54, 1.807) is 12.1 Å². The summed E-state index contributed by atoms with van der Waals surface area (Å²) >= 11 is 6.08. The van der Waals surface area contributed by atoms with Crippen LogP contribution in [0, 0.1) is 0 Å². The summed E-state index contributed by atoms with van der Waals surface area (Å²) in [5.41, 5.74) is 1.000. The van der Waals surface area contributed by atoms with Crippen molar-refractivity contribution in [2.45, 2.75) is 25.4 Å². The lowest BCUT2D eigenvalue weighted by Crippen LogP contribution is -2.07. The number of halogens is 4. The van der Waals surface area contributed by atoms with Gasteiger partial charge in [-0.05, 0) is 35.6 Å². The van der Waals surface area contributed by atoms with Crippen molar-refractivity contribution in [1.29, 1.82) is 0 Å². The molecule has 1 unspecified atom stereocenters. The van der Waals surface area contributed by atoms with Crippen molar-refractivity contribution < 1.29 is 13.2 Å². The highest BCUT2D eigenvalue weighted by molar-refractivity contribution is 6.31. The summed E-state index contributed by atoms with van der Waals surface area (Å²) < 4.78 is 38.1. The van der Waals surface area contributed by atoms with Crippen LogP contribution in [0.3, 0.4) is 0 Å². The monoisotopic (exact) mass is 298 g/mol. The number of hydrogen-bond acceptors (Lipinski definition) is 0. The normalized spacial score (nSPS) is 13.2. The maximum Gasteiger partial charge on any atom is 0.416 e. The molecule has 0 saturated heterocycles. The van der Waals surface area contributed by atoms with Crippen LogP contribution >= 0.6 is 11.6 Å². The van der Waals surface area contributed by atoms with Gasteiger partial charge >= 0.3 is 6.18 Å². The molecule has 2 aromatic rings. The SMILES string of the molecule is CC(Cc1ccccc1Cl)c1cccc(C(F)(F)F)c1. The van der Waals surface area contributed by atoms with E-state index in [0.717, 1.165) is 11.6 Å². The molecule has 0 aliphatic heterocycles. The minimum atomic E-state index is -4.31. The smallest absolute Gasteiger partial charge is 0.166 e. The maximum absolute atomic E-state index is 12.7. The number of alkyl halides is 3. The van der Waals surface area contributed by atoms with Crippen molar-refractivity contribution >= 4 is 11.6 Å². The van der Waals surface area contributed by atoms with E-state index in [4.69, 9.17) is 11.6 Å². The van der Waals surface area contributed by atoms with E-state index in [0.29, 0.717) is 17.0 Å². The third-order valence-electron chi connectivity index (χ3n) is 3.27. The van der Waals surface area contributed by atoms with Gasteiger partial charge in [0.05, 0.1) is 5.56 Å². The number of rotatable bonds is 3. The molecule has 0 amide bonds. The first-order chi connectivity index (χ1) is 9.38. The lowest BCUT2D eigenvalue weighted by atomic mass is 9.92. The van der Waals surface area contributed by atoms with Crippen molar-refractivity contribution in [2.75, 3.05) is 0 Å². The van der Waals surface area contributed by atoms with Crippen molar-refractivity contribution in [1.82, 2.24) is 0 Å². The molecular formula is C16H14ClF3. The Balaban J connectivity index is 2.22. The third kappa shape index (κ3) is 3.54. The average molecular weight is 299 g/mol. The molecule has 0 spiro atoms. The van der Waals surface area contributed by atoms with Crippen molar-refractivity contribution in [3.63, 3.8) is 0 Å². The standard InChI is InChI=1S/C16H14ClF3/c1-11(9-13-5-2-3-8-15(13)17)12-6-4-7-14(10-12)16(18,19)20/h2-8,10-11H,9H2,1H3. The Bertz CT molecular complexity index is 590. The third-order valence-corrected chi connectivity index (χ3v) is 3.64. The molecule has 0 saturated carbocycles. The highest BCUT2D eigenvalue weighted by Gasteiger charge is 2.30. The molecule has 4 heteroatoms. The lowest BCUT2D eigenvalue weighted by molar-refractivity contribution is -0.137. The molecule has 0 aliphatic rings. The van der Waals surface area contributed by atoms with E-state index < -0.39 is 11.7 Å². The van der Waals surface area contributed by atoms with E-state index in [1.165, 1.54) is 12.1 Å². The van der Waals surface area contributed by atoms with Gasteiger partial charge in [0.15, 0.2) is 0 Å². The molecule has 0 aromatic heterocycles. The van der Waals surface area contributed by atoms with Crippen LogP contribution in [0.15, 0.2) is 48.5 Å². The van der Waals surface area contributed by atoms with Gasteiger partial charge in [-0.1, -0.05) is 54.9 Å². The second kappa shape index (κ2) is 5.88. The molecule has 0 N–H and O–H groups in total. The molecular weight excluding hydrogens is 285 g/mol. The van der Waals surface area contributed by atoms with Crippen LogP contribution in [-0.2, 0) is 12.6 Å². The van der Waals surface area contributed by atoms with Crippen LogP contribution in [-0.4, -0.2) is 0 Å². The molecule has 2 rings (SSSR count). The van der Waals surface area contributed by atoms with Crippen LogP contribution in [0.4, 0.5) is 13.2 Å². The summed E-state index contributed by atoms with van der Waals surface area (Å²) in [6.45, 7) is 1.90. The Morgan fingerprint density at radius 1 is 1.05 bits per heavy atom. The molecule has 0 nitrogen and oxygen atoms in total. The first-order valence-corrected chi connectivity index (χ1v) is 6.66. The van der Waals surface area contributed by atoms with Gasteiger partial charge in [0.25, 0.3) is 0 Å². The quantitative estimate of drug-likeness (QED) is 0.681. The van der Waals surface area contributed by atoms with Gasteiger partial charge in [-0.25, -0.2) is 0 Å². The first kappa shape index (κ1) is 14.9. The summed E-state index contributed by atoms with van der Waals surface area (Å²) in [7, 11) is 0. The zero-order valence-corrected chi connectivity index (χ0v) is 11.7. The Morgan fingerprint density at radius 3 is 2.40 bits per heavy atom. The van der Waals surface area contributed by atoms with Crippen LogP contribution in [0.2, 0.25) is 5.02 Å². The fourth-order valence-corrected chi connectivity index (χ4v) is 2.35. The van der Waals surface area contributed by atoms with E-state index in [-0.39, 0.29) is 5.92 Å². The summed E-state index contributed by atoms with van der Waals surface area (Å²) in [6.07, 6.45) is -3.69. The second-order valence-corrected chi connectivity index (χ2v) is 5.23. The topological polar surface area (TPSA) is 0 Å². The van der Waals surface area contributed by atoms with Gasteiger partial charge in [-0.15, -0.1) is 0 Å². The zero-order chi connectivity index (χ0) is 14.8. The maximum atomic E-state index is 12.7. The molecule has 106 valence electrons. The summed E-state index contributed by atoms with van der Waals surface area (Å²) in [5.74, 6) is -0.0304. The van der Waals surface area contributed by atoms with E-state index in [2.05, 4.69) is 0 Å². The average Bonchev–Trinajstić information content (AvgIpc) is 2.40. The summed E-state index contributed by atoms with van der Waals surface area (Å²) in [5, 5.41) is 0.645. The molecule has 0 heterocycles. The summed E-state index contributed by atoms with van der Waals surface area (Å²) in [4.78, 5) is 0. The molecule has 2 aromatic carbocycles. The second-order valence-electron chi connectivity index (χ2n) is 4.82. The van der Waals surface area contributed by atoms with Crippen LogP contribution in [0.5, 0.6) is 0 Å². The Morgan fingerprint density at radius 2 is 1.75 bits per heavy atom.